The second kappa shape index (κ2) is 4.88. The number of carbonyl (C=O) groups is 2. The van der Waals surface area contributed by atoms with Crippen LogP contribution < -0.4 is 4.74 Å². The van der Waals surface area contributed by atoms with Crippen LogP contribution in [0.2, 0.25) is 0 Å². The lowest BCUT2D eigenvalue weighted by molar-refractivity contribution is 0.0663. The molecule has 0 saturated carbocycles. The predicted molar refractivity (Wildman–Crippen MR) is 58.2 cm³/mol. The van der Waals surface area contributed by atoms with Crippen LogP contribution in [0.5, 0.6) is 5.75 Å². The van der Waals surface area contributed by atoms with E-state index in [0.717, 1.165) is 6.07 Å². The average Bonchev–Trinajstić information content (AvgIpc) is 2.81. The van der Waals surface area contributed by atoms with Crippen molar-refractivity contribution in [1.29, 1.82) is 0 Å². The number of halogens is 1. The summed E-state index contributed by atoms with van der Waals surface area (Å²) in [5.41, 5.74) is -0.513. The van der Waals surface area contributed by atoms with Gasteiger partial charge in [0.25, 0.3) is 0 Å². The van der Waals surface area contributed by atoms with E-state index in [1.165, 1.54) is 18.2 Å². The highest BCUT2D eigenvalue weighted by molar-refractivity contribution is 7.08. The van der Waals surface area contributed by atoms with Gasteiger partial charge in [0.05, 0.1) is 0 Å². The van der Waals surface area contributed by atoms with Gasteiger partial charge in [-0.1, -0.05) is 16.6 Å². The number of carbonyl (C=O) groups excluding carboxylic acids is 1. The first-order chi connectivity index (χ1) is 8.59. The van der Waals surface area contributed by atoms with Crippen molar-refractivity contribution in [2.75, 3.05) is 0 Å². The van der Waals surface area contributed by atoms with Gasteiger partial charge in [0.2, 0.25) is 0 Å². The van der Waals surface area contributed by atoms with Crippen LogP contribution in [0.4, 0.5) is 4.39 Å². The van der Waals surface area contributed by atoms with Gasteiger partial charge in [-0.05, 0) is 23.7 Å². The van der Waals surface area contributed by atoms with Gasteiger partial charge in [0.1, 0.15) is 0 Å². The molecule has 0 spiro atoms. The summed E-state index contributed by atoms with van der Waals surface area (Å²) in [5, 5.41) is 12.0. The van der Waals surface area contributed by atoms with E-state index in [0.29, 0.717) is 11.5 Å². The Morgan fingerprint density at radius 3 is 2.72 bits per heavy atom. The summed E-state index contributed by atoms with van der Waals surface area (Å²) in [7, 11) is 0. The fraction of sp³-hybridized carbons (Fsp3) is 0. The molecule has 18 heavy (non-hydrogen) atoms. The number of rotatable bonds is 3. The van der Waals surface area contributed by atoms with Crippen molar-refractivity contribution < 1.29 is 23.8 Å². The van der Waals surface area contributed by atoms with Gasteiger partial charge >= 0.3 is 11.9 Å². The van der Waals surface area contributed by atoms with E-state index in [4.69, 9.17) is 9.84 Å². The molecular formula is C10H5FN2O4S. The van der Waals surface area contributed by atoms with Gasteiger partial charge in [0.15, 0.2) is 22.1 Å². The monoisotopic (exact) mass is 268 g/mol. The van der Waals surface area contributed by atoms with E-state index in [-0.39, 0.29) is 10.6 Å². The first kappa shape index (κ1) is 12.1. The van der Waals surface area contributed by atoms with E-state index in [9.17, 15) is 14.0 Å². The highest BCUT2D eigenvalue weighted by Crippen LogP contribution is 2.19. The summed E-state index contributed by atoms with van der Waals surface area (Å²) in [6, 6.07) is 5.28. The molecule has 0 radical (unpaired) electrons. The Bertz CT molecular complexity index is 613. The normalized spacial score (nSPS) is 10.1. The number of esters is 1. The molecule has 1 aromatic carbocycles. The maximum absolute atomic E-state index is 13.2. The Balaban J connectivity index is 2.25. The molecule has 1 N–H and O–H groups in total. The van der Waals surface area contributed by atoms with Gasteiger partial charge in [0, 0.05) is 0 Å². The number of carboxylic acid groups (broad SMARTS) is 1. The number of para-hydroxylation sites is 1. The fourth-order valence-corrected chi connectivity index (χ4v) is 1.67. The maximum atomic E-state index is 13.2. The number of hydrogen-bond donors (Lipinski definition) is 1. The minimum absolute atomic E-state index is 0.285. The third-order valence-electron chi connectivity index (χ3n) is 1.92. The zero-order chi connectivity index (χ0) is 13.1. The summed E-state index contributed by atoms with van der Waals surface area (Å²) < 4.78 is 21.3. The number of aromatic nitrogens is 2. The largest absolute Gasteiger partial charge is 0.476 e. The second-order valence-corrected chi connectivity index (χ2v) is 3.83. The van der Waals surface area contributed by atoms with Crippen LogP contribution in [0.25, 0.3) is 0 Å². The molecule has 2 aromatic rings. The Hall–Kier alpha value is -2.35. The highest BCUT2D eigenvalue weighted by Gasteiger charge is 2.24. The minimum atomic E-state index is -1.40. The Morgan fingerprint density at radius 2 is 2.06 bits per heavy atom. The maximum Gasteiger partial charge on any atom is 0.358 e. The molecule has 0 aliphatic rings. The molecule has 2 rings (SSSR count). The van der Waals surface area contributed by atoms with Crippen molar-refractivity contribution in [2.45, 2.75) is 0 Å². The third kappa shape index (κ3) is 2.33. The minimum Gasteiger partial charge on any atom is -0.476 e. The molecular weight excluding hydrogens is 263 g/mol. The molecule has 0 saturated heterocycles. The van der Waals surface area contributed by atoms with Crippen LogP contribution >= 0.6 is 11.5 Å². The zero-order valence-corrected chi connectivity index (χ0v) is 9.48. The number of aromatic carboxylic acids is 1. The Morgan fingerprint density at radius 1 is 1.33 bits per heavy atom. The van der Waals surface area contributed by atoms with E-state index in [2.05, 4.69) is 9.59 Å². The van der Waals surface area contributed by atoms with Crippen molar-refractivity contribution in [1.82, 2.24) is 9.59 Å². The Labute approximate surface area is 104 Å². The smallest absolute Gasteiger partial charge is 0.358 e. The summed E-state index contributed by atoms with van der Waals surface area (Å²) >= 11 is 0.572. The highest BCUT2D eigenvalue weighted by atomic mass is 32.1. The quantitative estimate of drug-likeness (QED) is 0.671. The van der Waals surface area contributed by atoms with Crippen molar-refractivity contribution in [2.24, 2.45) is 0 Å². The van der Waals surface area contributed by atoms with Crippen LogP contribution in [0.15, 0.2) is 24.3 Å². The molecule has 1 aromatic heterocycles. The number of benzene rings is 1. The average molecular weight is 268 g/mol. The molecule has 1 heterocycles. The fourth-order valence-electron chi connectivity index (χ4n) is 1.14. The lowest BCUT2D eigenvalue weighted by Crippen LogP contribution is -2.12. The number of hydrogen-bond acceptors (Lipinski definition) is 6. The van der Waals surface area contributed by atoms with E-state index < -0.39 is 23.4 Å². The topological polar surface area (TPSA) is 89.4 Å². The van der Waals surface area contributed by atoms with Gasteiger partial charge in [-0.15, -0.1) is 5.10 Å². The Kier molecular flexibility index (Phi) is 3.28. The molecule has 0 unspecified atom stereocenters. The van der Waals surface area contributed by atoms with Gasteiger partial charge < -0.3 is 9.84 Å². The lowest BCUT2D eigenvalue weighted by atomic mass is 10.3. The van der Waals surface area contributed by atoms with Crippen LogP contribution in [0.3, 0.4) is 0 Å². The summed E-state index contributed by atoms with van der Waals surface area (Å²) in [4.78, 5) is 22.1. The number of ether oxygens (including phenoxy) is 1. The van der Waals surface area contributed by atoms with Gasteiger partial charge in [-0.3, -0.25) is 0 Å². The predicted octanol–water partition coefficient (Wildman–Crippen LogP) is 1.59. The molecule has 0 fully saturated rings. The van der Waals surface area contributed by atoms with Crippen molar-refractivity contribution >= 4 is 23.5 Å². The molecule has 0 amide bonds. The molecule has 92 valence electrons. The van der Waals surface area contributed by atoms with Gasteiger partial charge in [-0.2, -0.15) is 0 Å². The number of nitrogens with zero attached hydrogens (tertiary/aromatic N) is 2. The lowest BCUT2D eigenvalue weighted by Gasteiger charge is -2.03. The summed E-state index contributed by atoms with van der Waals surface area (Å²) in [5.74, 6) is -3.41. The SMILES string of the molecule is O=C(O)c1nnsc1C(=O)Oc1ccccc1F. The van der Waals surface area contributed by atoms with Gasteiger partial charge in [-0.25, -0.2) is 14.0 Å². The first-order valence-corrected chi connectivity index (χ1v) is 5.39. The van der Waals surface area contributed by atoms with Crippen LogP contribution in [0, 0.1) is 5.82 Å². The first-order valence-electron chi connectivity index (χ1n) is 4.62. The third-order valence-corrected chi connectivity index (χ3v) is 2.62. The second-order valence-electron chi connectivity index (χ2n) is 3.08. The van der Waals surface area contributed by atoms with Crippen LogP contribution in [-0.2, 0) is 0 Å². The van der Waals surface area contributed by atoms with Crippen LogP contribution in [-0.4, -0.2) is 26.6 Å². The summed E-state index contributed by atoms with van der Waals surface area (Å²) in [6.07, 6.45) is 0. The molecule has 8 heteroatoms. The number of carboxylic acids is 1. The molecule has 0 atom stereocenters. The van der Waals surface area contributed by atoms with E-state index in [1.807, 2.05) is 0 Å². The van der Waals surface area contributed by atoms with Crippen molar-refractivity contribution in [3.63, 3.8) is 0 Å². The molecule has 0 bridgehead atoms. The standard InChI is InChI=1S/C10H5FN2O4S/c11-5-3-1-2-4-6(5)17-10(16)8-7(9(14)15)12-13-18-8/h1-4H,(H,14,15). The van der Waals surface area contributed by atoms with E-state index >= 15 is 0 Å². The van der Waals surface area contributed by atoms with Crippen molar-refractivity contribution in [3.05, 3.63) is 40.7 Å². The van der Waals surface area contributed by atoms with E-state index in [1.54, 1.807) is 0 Å². The molecule has 0 aliphatic carbocycles. The summed E-state index contributed by atoms with van der Waals surface area (Å²) in [6.45, 7) is 0. The molecule has 0 aliphatic heterocycles. The van der Waals surface area contributed by atoms with Crippen molar-refractivity contribution in [3.8, 4) is 5.75 Å². The van der Waals surface area contributed by atoms with Crippen LogP contribution in [0.1, 0.15) is 20.2 Å². The molecule has 6 nitrogen and oxygen atoms in total. The zero-order valence-electron chi connectivity index (χ0n) is 8.66.